The monoisotopic (exact) mass is 451 g/mol. The Kier molecular flexibility index (Phi) is 8.80. The molecule has 1 saturated heterocycles. The first-order chi connectivity index (χ1) is 15.2. The molecule has 1 aliphatic rings. The number of benzene rings is 1. The molecular formula is C21H29N3O8. The fourth-order valence-corrected chi connectivity index (χ4v) is 3.50. The smallest absolute Gasteiger partial charge is 0.309 e. The summed E-state index contributed by atoms with van der Waals surface area (Å²) in [5.41, 5.74) is -0.638. The van der Waals surface area contributed by atoms with Gasteiger partial charge in [-0.3, -0.25) is 24.5 Å². The highest BCUT2D eigenvalue weighted by Crippen LogP contribution is 2.35. The maximum Gasteiger partial charge on any atom is 0.309 e. The second-order valence-corrected chi connectivity index (χ2v) is 7.28. The summed E-state index contributed by atoms with van der Waals surface area (Å²) >= 11 is 0. The van der Waals surface area contributed by atoms with Crippen molar-refractivity contribution in [1.82, 2.24) is 9.80 Å². The molecule has 0 saturated carbocycles. The van der Waals surface area contributed by atoms with E-state index in [1.54, 1.807) is 18.7 Å². The van der Waals surface area contributed by atoms with Crippen LogP contribution in [0.3, 0.4) is 0 Å². The molecule has 0 bridgehead atoms. The van der Waals surface area contributed by atoms with Crippen LogP contribution < -0.4 is 9.47 Å². The lowest BCUT2D eigenvalue weighted by Crippen LogP contribution is -2.45. The van der Waals surface area contributed by atoms with Crippen LogP contribution in [0.4, 0.5) is 5.69 Å². The second-order valence-electron chi connectivity index (χ2n) is 7.28. The topological polar surface area (TPSA) is 129 Å². The fourth-order valence-electron chi connectivity index (χ4n) is 3.50. The first-order valence-electron chi connectivity index (χ1n) is 10.4. The number of carbonyl (C=O) groups is 3. The zero-order valence-electron chi connectivity index (χ0n) is 18.8. The molecular weight excluding hydrogens is 422 g/mol. The zero-order chi connectivity index (χ0) is 23.8. The highest BCUT2D eigenvalue weighted by molar-refractivity contribution is 6.00. The number of carbonyl (C=O) groups excluding carboxylic acids is 3. The van der Waals surface area contributed by atoms with E-state index >= 15 is 0 Å². The number of esters is 1. The SMILES string of the molecule is CCOC(=O)C1CCN(C(=O)CN(C)C(=O)c2cc(OCC)c(OC)cc2[N+](=O)[O-])CC1. The van der Waals surface area contributed by atoms with E-state index in [1.165, 1.54) is 20.2 Å². The summed E-state index contributed by atoms with van der Waals surface area (Å²) in [5, 5.41) is 11.5. The van der Waals surface area contributed by atoms with Crippen LogP contribution in [-0.4, -0.2) is 79.5 Å². The van der Waals surface area contributed by atoms with Crippen LogP contribution in [0.25, 0.3) is 0 Å². The maximum absolute atomic E-state index is 13.0. The Morgan fingerprint density at radius 3 is 2.34 bits per heavy atom. The third kappa shape index (κ3) is 5.86. The molecule has 0 unspecified atom stereocenters. The summed E-state index contributed by atoms with van der Waals surface area (Å²) in [6.45, 7) is 4.57. The van der Waals surface area contributed by atoms with Crippen LogP contribution in [0, 0.1) is 16.0 Å². The minimum atomic E-state index is -0.685. The van der Waals surface area contributed by atoms with Crippen LogP contribution in [0.1, 0.15) is 37.0 Å². The molecule has 32 heavy (non-hydrogen) atoms. The van der Waals surface area contributed by atoms with E-state index in [4.69, 9.17) is 14.2 Å². The number of likely N-dealkylation sites (tertiary alicyclic amines) is 1. The van der Waals surface area contributed by atoms with E-state index < -0.39 is 16.5 Å². The Balaban J connectivity index is 2.10. The number of nitro benzene ring substituents is 1. The number of rotatable bonds is 9. The maximum atomic E-state index is 13.0. The van der Waals surface area contributed by atoms with E-state index in [2.05, 4.69) is 0 Å². The molecule has 1 aliphatic heterocycles. The Morgan fingerprint density at radius 1 is 1.16 bits per heavy atom. The van der Waals surface area contributed by atoms with Crippen molar-refractivity contribution in [3.63, 3.8) is 0 Å². The normalized spacial score (nSPS) is 13.9. The molecule has 0 N–H and O–H groups in total. The number of nitro groups is 1. The van der Waals surface area contributed by atoms with E-state index in [-0.39, 0.29) is 48.0 Å². The number of likely N-dealkylation sites (N-methyl/N-ethyl adjacent to an activating group) is 1. The molecule has 0 spiro atoms. The van der Waals surface area contributed by atoms with Crippen molar-refractivity contribution in [2.45, 2.75) is 26.7 Å². The minimum absolute atomic E-state index is 0.137. The van der Waals surface area contributed by atoms with Crippen molar-refractivity contribution in [1.29, 1.82) is 0 Å². The molecule has 11 heteroatoms. The standard InChI is InChI=1S/C21H29N3O8/c1-5-31-18-11-15(16(24(28)29)12-17(18)30-4)20(26)22(3)13-19(25)23-9-7-14(8-10-23)21(27)32-6-2/h11-12,14H,5-10,13H2,1-4H3. The lowest BCUT2D eigenvalue weighted by atomic mass is 9.97. The summed E-state index contributed by atoms with van der Waals surface area (Å²) in [6.07, 6.45) is 0.980. The van der Waals surface area contributed by atoms with Crippen LogP contribution in [-0.2, 0) is 14.3 Å². The number of methoxy groups -OCH3 is 1. The molecule has 1 fully saturated rings. The van der Waals surface area contributed by atoms with Gasteiger partial charge in [0.25, 0.3) is 11.6 Å². The largest absolute Gasteiger partial charge is 0.493 e. The predicted octanol–water partition coefficient (Wildman–Crippen LogP) is 1.88. The highest BCUT2D eigenvalue weighted by atomic mass is 16.6. The Labute approximate surface area is 186 Å². The van der Waals surface area contributed by atoms with E-state index in [0.29, 0.717) is 32.5 Å². The van der Waals surface area contributed by atoms with Crippen molar-refractivity contribution in [2.75, 3.05) is 47.0 Å². The summed E-state index contributed by atoms with van der Waals surface area (Å²) in [4.78, 5) is 51.0. The van der Waals surface area contributed by atoms with Gasteiger partial charge in [-0.1, -0.05) is 0 Å². The quantitative estimate of drug-likeness (QED) is 0.316. The van der Waals surface area contributed by atoms with Crippen LogP contribution >= 0.6 is 0 Å². The molecule has 2 amide bonds. The van der Waals surface area contributed by atoms with Gasteiger partial charge in [-0.15, -0.1) is 0 Å². The first kappa shape index (κ1) is 24.9. The fraction of sp³-hybridized carbons (Fsp3) is 0.571. The van der Waals surface area contributed by atoms with Crippen LogP contribution in [0.2, 0.25) is 0 Å². The van der Waals surface area contributed by atoms with Gasteiger partial charge in [0.1, 0.15) is 5.56 Å². The molecule has 0 radical (unpaired) electrons. The van der Waals surface area contributed by atoms with Gasteiger partial charge in [-0.25, -0.2) is 0 Å². The number of amides is 2. The highest BCUT2D eigenvalue weighted by Gasteiger charge is 2.31. The Bertz CT molecular complexity index is 865. The minimum Gasteiger partial charge on any atom is -0.493 e. The van der Waals surface area contributed by atoms with Crippen molar-refractivity contribution < 1.29 is 33.5 Å². The van der Waals surface area contributed by atoms with E-state index in [0.717, 1.165) is 11.0 Å². The predicted molar refractivity (Wildman–Crippen MR) is 114 cm³/mol. The van der Waals surface area contributed by atoms with Gasteiger partial charge in [0, 0.05) is 26.2 Å². The van der Waals surface area contributed by atoms with E-state index in [9.17, 15) is 24.5 Å². The van der Waals surface area contributed by atoms with Crippen molar-refractivity contribution in [2.24, 2.45) is 5.92 Å². The Hall–Kier alpha value is -3.37. The lowest BCUT2D eigenvalue weighted by Gasteiger charge is -2.32. The molecule has 176 valence electrons. The molecule has 1 aromatic carbocycles. The summed E-state index contributed by atoms with van der Waals surface area (Å²) in [5.74, 6) is -1.15. The molecule has 1 aromatic rings. The van der Waals surface area contributed by atoms with E-state index in [1.807, 2.05) is 0 Å². The zero-order valence-corrected chi connectivity index (χ0v) is 18.8. The number of ether oxygens (including phenoxy) is 3. The van der Waals surface area contributed by atoms with Gasteiger partial charge >= 0.3 is 5.97 Å². The van der Waals surface area contributed by atoms with Gasteiger partial charge in [-0.2, -0.15) is 0 Å². The Morgan fingerprint density at radius 2 is 1.81 bits per heavy atom. The van der Waals surface area contributed by atoms with Crippen LogP contribution in [0.15, 0.2) is 12.1 Å². The third-order valence-electron chi connectivity index (χ3n) is 5.20. The molecule has 0 aromatic heterocycles. The second kappa shape index (κ2) is 11.3. The molecule has 2 rings (SSSR count). The molecule has 0 aliphatic carbocycles. The average Bonchev–Trinajstić information content (AvgIpc) is 2.78. The van der Waals surface area contributed by atoms with Gasteiger partial charge in [-0.05, 0) is 26.7 Å². The first-order valence-corrected chi connectivity index (χ1v) is 10.4. The lowest BCUT2D eigenvalue weighted by molar-refractivity contribution is -0.385. The summed E-state index contributed by atoms with van der Waals surface area (Å²) in [7, 11) is 2.75. The summed E-state index contributed by atoms with van der Waals surface area (Å²) in [6, 6.07) is 2.39. The van der Waals surface area contributed by atoms with Crippen LogP contribution in [0.5, 0.6) is 11.5 Å². The van der Waals surface area contributed by atoms with Crippen molar-refractivity contribution >= 4 is 23.5 Å². The molecule has 11 nitrogen and oxygen atoms in total. The van der Waals surface area contributed by atoms with Crippen molar-refractivity contribution in [3.05, 3.63) is 27.8 Å². The number of hydrogen-bond acceptors (Lipinski definition) is 8. The number of hydrogen-bond donors (Lipinski definition) is 0. The summed E-state index contributed by atoms with van der Waals surface area (Å²) < 4.78 is 15.6. The van der Waals surface area contributed by atoms with Gasteiger partial charge in [0.05, 0.1) is 43.8 Å². The number of nitrogens with zero attached hydrogens (tertiary/aromatic N) is 3. The number of piperidine rings is 1. The van der Waals surface area contributed by atoms with Gasteiger partial charge < -0.3 is 24.0 Å². The average molecular weight is 451 g/mol. The van der Waals surface area contributed by atoms with Gasteiger partial charge in [0.2, 0.25) is 5.91 Å². The van der Waals surface area contributed by atoms with Gasteiger partial charge in [0.15, 0.2) is 11.5 Å². The molecule has 1 heterocycles. The molecule has 0 atom stereocenters. The van der Waals surface area contributed by atoms with Crippen molar-refractivity contribution in [3.8, 4) is 11.5 Å². The third-order valence-corrected chi connectivity index (χ3v) is 5.20.